The second-order valence-electron chi connectivity index (χ2n) is 4.97. The molecule has 0 saturated carbocycles. The summed E-state index contributed by atoms with van der Waals surface area (Å²) in [5, 5.41) is 9.98. The molecule has 2 aromatic heterocycles. The number of hydrogen-bond donors (Lipinski definition) is 0. The maximum Gasteiger partial charge on any atom is 0.345 e. The third kappa shape index (κ3) is 2.46. The lowest BCUT2D eigenvalue weighted by Crippen LogP contribution is -2.11. The summed E-state index contributed by atoms with van der Waals surface area (Å²) in [5.41, 5.74) is 1.01. The zero-order valence-electron chi connectivity index (χ0n) is 10.7. The summed E-state index contributed by atoms with van der Waals surface area (Å²) in [4.78, 5) is 5.19. The van der Waals surface area contributed by atoms with Crippen LogP contribution in [0.15, 0.2) is 14.8 Å². The Bertz CT molecular complexity index is 585. The summed E-state index contributed by atoms with van der Waals surface area (Å²) >= 11 is 1.56. The van der Waals surface area contributed by atoms with E-state index in [-0.39, 0.29) is 5.41 Å². The van der Waals surface area contributed by atoms with Crippen molar-refractivity contribution >= 4 is 17.4 Å². The molecule has 0 fully saturated rings. The van der Waals surface area contributed by atoms with Gasteiger partial charge in [-0.25, -0.2) is 0 Å². The van der Waals surface area contributed by atoms with Crippen LogP contribution in [0.25, 0.3) is 0 Å². The molecule has 0 N–H and O–H groups in total. The first-order chi connectivity index (χ1) is 7.88. The molecule has 17 heavy (non-hydrogen) atoms. The van der Waals surface area contributed by atoms with Gasteiger partial charge in [0.05, 0.1) is 0 Å². The van der Waals surface area contributed by atoms with E-state index < -0.39 is 0 Å². The van der Waals surface area contributed by atoms with Crippen LogP contribution >= 0.6 is 11.3 Å². The highest BCUT2D eigenvalue weighted by Crippen LogP contribution is 2.22. The molecule has 0 aliphatic rings. The zero-order chi connectivity index (χ0) is 12.6. The monoisotopic (exact) mass is 252 g/mol. The number of nitrogens with zero attached hydrogens (tertiary/aromatic N) is 4. The molecule has 0 atom stereocenters. The lowest BCUT2D eigenvalue weighted by molar-refractivity contribution is 0.397. The van der Waals surface area contributed by atoms with Crippen LogP contribution in [0.3, 0.4) is 0 Å². The van der Waals surface area contributed by atoms with Gasteiger partial charge in [-0.15, -0.1) is 16.4 Å². The van der Waals surface area contributed by atoms with Crippen LogP contribution in [0.2, 0.25) is 0 Å². The molecule has 6 heteroatoms. The SMILES string of the molecule is Cc1csc(=Nc2nnc(C(C)(C)C)o2)n1C. The van der Waals surface area contributed by atoms with Gasteiger partial charge in [0.2, 0.25) is 5.89 Å². The lowest BCUT2D eigenvalue weighted by Gasteiger charge is -2.10. The van der Waals surface area contributed by atoms with Crippen molar-refractivity contribution < 1.29 is 4.42 Å². The van der Waals surface area contributed by atoms with Crippen molar-refractivity contribution in [2.45, 2.75) is 33.1 Å². The Hall–Kier alpha value is -1.43. The number of aromatic nitrogens is 3. The van der Waals surface area contributed by atoms with Crippen molar-refractivity contribution in [3.05, 3.63) is 21.8 Å². The molecule has 92 valence electrons. The normalized spacial score (nSPS) is 13.4. The fourth-order valence-corrected chi connectivity index (χ4v) is 2.06. The topological polar surface area (TPSA) is 56.2 Å². The second kappa shape index (κ2) is 4.10. The van der Waals surface area contributed by atoms with Crippen molar-refractivity contribution in [2.75, 3.05) is 0 Å². The molecule has 5 nitrogen and oxygen atoms in total. The van der Waals surface area contributed by atoms with Crippen LogP contribution in [-0.2, 0) is 12.5 Å². The third-order valence-electron chi connectivity index (χ3n) is 2.40. The van der Waals surface area contributed by atoms with Crippen molar-refractivity contribution in [2.24, 2.45) is 12.0 Å². The Morgan fingerprint density at radius 3 is 2.53 bits per heavy atom. The van der Waals surface area contributed by atoms with Gasteiger partial charge in [-0.2, -0.15) is 4.99 Å². The highest BCUT2D eigenvalue weighted by molar-refractivity contribution is 7.07. The summed E-state index contributed by atoms with van der Waals surface area (Å²) in [6.45, 7) is 8.11. The minimum Gasteiger partial charge on any atom is -0.406 e. The van der Waals surface area contributed by atoms with Gasteiger partial charge < -0.3 is 8.98 Å². The smallest absolute Gasteiger partial charge is 0.345 e. The van der Waals surface area contributed by atoms with Gasteiger partial charge >= 0.3 is 6.01 Å². The molecular formula is C11H16N4OS. The van der Waals surface area contributed by atoms with E-state index in [9.17, 15) is 0 Å². The highest BCUT2D eigenvalue weighted by atomic mass is 32.1. The Labute approximate surface area is 104 Å². The molecule has 2 heterocycles. The molecule has 0 aromatic carbocycles. The summed E-state index contributed by atoms with van der Waals surface area (Å²) in [6.07, 6.45) is 0. The second-order valence-corrected chi connectivity index (χ2v) is 5.81. The van der Waals surface area contributed by atoms with Gasteiger partial charge in [0.1, 0.15) is 0 Å². The summed E-state index contributed by atoms with van der Waals surface area (Å²) < 4.78 is 7.51. The van der Waals surface area contributed by atoms with Gasteiger partial charge in [-0.3, -0.25) is 0 Å². The highest BCUT2D eigenvalue weighted by Gasteiger charge is 2.21. The molecule has 0 amide bonds. The summed E-state index contributed by atoms with van der Waals surface area (Å²) in [5.74, 6) is 0.604. The van der Waals surface area contributed by atoms with E-state index in [0.29, 0.717) is 11.9 Å². The van der Waals surface area contributed by atoms with Crippen molar-refractivity contribution in [3.8, 4) is 0 Å². The van der Waals surface area contributed by atoms with Crippen molar-refractivity contribution in [1.82, 2.24) is 14.8 Å². The van der Waals surface area contributed by atoms with Gasteiger partial charge in [0, 0.05) is 23.5 Å². The Balaban J connectivity index is 2.41. The maximum absolute atomic E-state index is 5.52. The van der Waals surface area contributed by atoms with Crippen molar-refractivity contribution in [3.63, 3.8) is 0 Å². The Morgan fingerprint density at radius 1 is 1.35 bits per heavy atom. The van der Waals surface area contributed by atoms with Gasteiger partial charge in [-0.1, -0.05) is 25.9 Å². The van der Waals surface area contributed by atoms with E-state index in [1.807, 2.05) is 44.7 Å². The molecule has 0 spiro atoms. The largest absolute Gasteiger partial charge is 0.406 e. The van der Waals surface area contributed by atoms with E-state index in [4.69, 9.17) is 4.42 Å². The third-order valence-corrected chi connectivity index (χ3v) is 3.43. The Kier molecular flexibility index (Phi) is 2.91. The summed E-state index contributed by atoms with van der Waals surface area (Å²) in [7, 11) is 1.96. The Morgan fingerprint density at radius 2 is 2.06 bits per heavy atom. The van der Waals surface area contributed by atoms with E-state index in [1.165, 1.54) is 0 Å². The minimum atomic E-state index is -0.145. The van der Waals surface area contributed by atoms with Crippen LogP contribution in [0.5, 0.6) is 0 Å². The fraction of sp³-hybridized carbons (Fsp3) is 0.545. The molecule has 0 unspecified atom stereocenters. The zero-order valence-corrected chi connectivity index (χ0v) is 11.5. The number of hydrogen-bond acceptors (Lipinski definition) is 5. The average molecular weight is 252 g/mol. The molecule has 2 aromatic rings. The standard InChI is InChI=1S/C11H16N4OS/c1-7-6-17-10(15(7)5)12-9-14-13-8(16-9)11(2,3)4/h6H,1-5H3. The van der Waals surface area contributed by atoms with Gasteiger partial charge in [0.25, 0.3) is 0 Å². The minimum absolute atomic E-state index is 0.145. The lowest BCUT2D eigenvalue weighted by atomic mass is 9.97. The van der Waals surface area contributed by atoms with Crippen LogP contribution in [0.1, 0.15) is 32.4 Å². The van der Waals surface area contributed by atoms with Crippen LogP contribution < -0.4 is 4.80 Å². The van der Waals surface area contributed by atoms with Crippen LogP contribution in [-0.4, -0.2) is 14.8 Å². The molecule has 0 radical (unpaired) electrons. The molecule has 2 rings (SSSR count). The van der Waals surface area contributed by atoms with E-state index in [2.05, 4.69) is 15.2 Å². The van der Waals surface area contributed by atoms with E-state index >= 15 is 0 Å². The van der Waals surface area contributed by atoms with Crippen LogP contribution in [0, 0.1) is 6.92 Å². The van der Waals surface area contributed by atoms with Gasteiger partial charge in [0.15, 0.2) is 4.80 Å². The molecule has 0 aliphatic heterocycles. The maximum atomic E-state index is 5.52. The van der Waals surface area contributed by atoms with Crippen molar-refractivity contribution in [1.29, 1.82) is 0 Å². The fourth-order valence-electron chi connectivity index (χ4n) is 1.19. The summed E-state index contributed by atoms with van der Waals surface area (Å²) in [6, 6.07) is 0.312. The van der Waals surface area contributed by atoms with Gasteiger partial charge in [-0.05, 0) is 6.92 Å². The van der Waals surface area contributed by atoms with E-state index in [0.717, 1.165) is 10.5 Å². The first-order valence-corrected chi connectivity index (χ1v) is 6.26. The number of thiazole rings is 1. The first-order valence-electron chi connectivity index (χ1n) is 5.38. The predicted molar refractivity (Wildman–Crippen MR) is 66.2 cm³/mol. The molecule has 0 saturated heterocycles. The molecule has 0 bridgehead atoms. The predicted octanol–water partition coefficient (Wildman–Crippen LogP) is 2.31. The first kappa shape index (κ1) is 12.0. The van der Waals surface area contributed by atoms with E-state index in [1.54, 1.807) is 11.3 Å². The average Bonchev–Trinajstić information content (AvgIpc) is 2.80. The quantitative estimate of drug-likeness (QED) is 0.782. The number of aryl methyl sites for hydroxylation is 1. The molecular weight excluding hydrogens is 236 g/mol. The molecule has 0 aliphatic carbocycles. The number of rotatable bonds is 1. The van der Waals surface area contributed by atoms with Crippen LogP contribution in [0.4, 0.5) is 6.01 Å².